The van der Waals surface area contributed by atoms with Crippen molar-refractivity contribution in [2.24, 2.45) is 0 Å². The number of pyridine rings is 2. The molecular formula is C17H14FN3O2. The molecule has 5 nitrogen and oxygen atoms in total. The van der Waals surface area contributed by atoms with Crippen LogP contribution < -0.4 is 15.2 Å². The molecule has 0 saturated heterocycles. The molecule has 0 saturated carbocycles. The number of hydrogen-bond donors (Lipinski definition) is 1. The van der Waals surface area contributed by atoms with Gasteiger partial charge in [-0.25, -0.2) is 9.37 Å². The largest absolute Gasteiger partial charge is 0.481 e. The Kier molecular flexibility index (Phi) is 3.80. The second-order valence-electron chi connectivity index (χ2n) is 4.76. The molecule has 0 aliphatic heterocycles. The van der Waals surface area contributed by atoms with Gasteiger partial charge in [0, 0.05) is 29.6 Å². The summed E-state index contributed by atoms with van der Waals surface area (Å²) < 4.78 is 24.8. The van der Waals surface area contributed by atoms with E-state index in [1.165, 1.54) is 19.2 Å². The van der Waals surface area contributed by atoms with E-state index in [2.05, 4.69) is 16.5 Å². The molecule has 0 fully saturated rings. The first-order chi connectivity index (χ1) is 11.1. The van der Waals surface area contributed by atoms with Crippen LogP contribution in [-0.2, 0) is 0 Å². The van der Waals surface area contributed by atoms with Crippen LogP contribution in [-0.4, -0.2) is 17.1 Å². The van der Waals surface area contributed by atoms with Crippen LogP contribution in [0.4, 0.5) is 10.1 Å². The second-order valence-corrected chi connectivity index (χ2v) is 4.76. The van der Waals surface area contributed by atoms with Crippen LogP contribution >= 0.6 is 0 Å². The van der Waals surface area contributed by atoms with E-state index in [0.29, 0.717) is 33.9 Å². The number of halogens is 1. The van der Waals surface area contributed by atoms with Crippen LogP contribution in [0.1, 0.15) is 5.56 Å². The Morgan fingerprint density at radius 3 is 2.74 bits per heavy atom. The lowest BCUT2D eigenvalue weighted by Crippen LogP contribution is -1.97. The van der Waals surface area contributed by atoms with Gasteiger partial charge in [-0.3, -0.25) is 4.98 Å². The number of anilines is 1. The maximum atomic E-state index is 13.9. The average molecular weight is 311 g/mol. The maximum absolute atomic E-state index is 13.9. The normalized spacial score (nSPS) is 10.5. The van der Waals surface area contributed by atoms with E-state index >= 15 is 0 Å². The van der Waals surface area contributed by atoms with Gasteiger partial charge in [0.05, 0.1) is 12.6 Å². The first-order valence-electron chi connectivity index (χ1n) is 6.81. The van der Waals surface area contributed by atoms with Gasteiger partial charge in [-0.2, -0.15) is 0 Å². The van der Waals surface area contributed by atoms with Crippen molar-refractivity contribution in [3.05, 3.63) is 54.5 Å². The van der Waals surface area contributed by atoms with Gasteiger partial charge in [0.25, 0.3) is 0 Å². The quantitative estimate of drug-likeness (QED) is 0.742. The van der Waals surface area contributed by atoms with Crippen LogP contribution in [0.15, 0.2) is 43.1 Å². The summed E-state index contributed by atoms with van der Waals surface area (Å²) in [6, 6.07) is 7.61. The van der Waals surface area contributed by atoms with E-state index in [-0.39, 0.29) is 5.75 Å². The van der Waals surface area contributed by atoms with E-state index in [1.54, 1.807) is 30.5 Å². The maximum Gasteiger partial charge on any atom is 0.221 e. The smallest absolute Gasteiger partial charge is 0.221 e. The number of methoxy groups -OCH3 is 1. The molecule has 6 heteroatoms. The predicted octanol–water partition coefficient (Wildman–Crippen LogP) is 3.80. The molecular weight excluding hydrogens is 297 g/mol. The molecule has 23 heavy (non-hydrogen) atoms. The zero-order valence-electron chi connectivity index (χ0n) is 12.4. The molecule has 0 aliphatic carbocycles. The number of hydrogen-bond acceptors (Lipinski definition) is 5. The van der Waals surface area contributed by atoms with Gasteiger partial charge in [0.1, 0.15) is 5.52 Å². The van der Waals surface area contributed by atoms with Crippen molar-refractivity contribution in [3.63, 3.8) is 0 Å². The number of nitrogen functional groups attached to an aromatic ring is 1. The van der Waals surface area contributed by atoms with E-state index in [9.17, 15) is 4.39 Å². The predicted molar refractivity (Wildman–Crippen MR) is 87.1 cm³/mol. The molecule has 0 atom stereocenters. The number of nitrogens with two attached hydrogens (primary N) is 1. The monoisotopic (exact) mass is 311 g/mol. The molecule has 0 unspecified atom stereocenters. The molecule has 3 aromatic rings. The summed E-state index contributed by atoms with van der Waals surface area (Å²) in [4.78, 5) is 8.62. The number of nitrogens with zero attached hydrogens (tertiary/aromatic N) is 2. The van der Waals surface area contributed by atoms with Gasteiger partial charge >= 0.3 is 0 Å². The molecule has 1 aromatic carbocycles. The van der Waals surface area contributed by atoms with E-state index in [1.807, 2.05) is 0 Å². The van der Waals surface area contributed by atoms with Crippen LogP contribution in [0.3, 0.4) is 0 Å². The minimum Gasteiger partial charge on any atom is -0.481 e. The highest BCUT2D eigenvalue weighted by atomic mass is 19.1. The van der Waals surface area contributed by atoms with Gasteiger partial charge < -0.3 is 15.2 Å². The molecule has 0 bridgehead atoms. The number of ether oxygens (including phenoxy) is 2. The van der Waals surface area contributed by atoms with Crippen LogP contribution in [0.2, 0.25) is 0 Å². The fourth-order valence-corrected chi connectivity index (χ4v) is 2.16. The van der Waals surface area contributed by atoms with Crippen molar-refractivity contribution in [2.45, 2.75) is 0 Å². The Bertz CT molecular complexity index is 896. The van der Waals surface area contributed by atoms with Crippen molar-refractivity contribution >= 4 is 22.8 Å². The summed E-state index contributed by atoms with van der Waals surface area (Å²) in [5.41, 5.74) is 7.63. The molecule has 0 aliphatic rings. The fourth-order valence-electron chi connectivity index (χ4n) is 2.16. The third kappa shape index (κ3) is 2.78. The molecule has 116 valence electrons. The summed E-state index contributed by atoms with van der Waals surface area (Å²) in [7, 11) is 1.51. The summed E-state index contributed by atoms with van der Waals surface area (Å²) >= 11 is 0. The van der Waals surface area contributed by atoms with Crippen molar-refractivity contribution in [3.8, 4) is 17.4 Å². The number of rotatable bonds is 4. The van der Waals surface area contributed by atoms with E-state index in [0.717, 1.165) is 0 Å². The van der Waals surface area contributed by atoms with Gasteiger partial charge in [-0.15, -0.1) is 0 Å². The Morgan fingerprint density at radius 2 is 2.04 bits per heavy atom. The zero-order valence-corrected chi connectivity index (χ0v) is 12.4. The molecule has 0 spiro atoms. The molecule has 0 radical (unpaired) electrons. The number of benzene rings is 1. The van der Waals surface area contributed by atoms with Gasteiger partial charge in [0.15, 0.2) is 17.3 Å². The Balaban J connectivity index is 2.12. The van der Waals surface area contributed by atoms with Gasteiger partial charge in [-0.1, -0.05) is 12.7 Å². The first kappa shape index (κ1) is 14.8. The highest BCUT2D eigenvalue weighted by Crippen LogP contribution is 2.32. The minimum absolute atomic E-state index is 0.0558. The topological polar surface area (TPSA) is 70.3 Å². The van der Waals surface area contributed by atoms with Crippen molar-refractivity contribution in [1.82, 2.24) is 9.97 Å². The minimum atomic E-state index is -0.551. The lowest BCUT2D eigenvalue weighted by Gasteiger charge is -2.11. The van der Waals surface area contributed by atoms with Crippen molar-refractivity contribution in [1.29, 1.82) is 0 Å². The molecule has 2 aromatic heterocycles. The number of fused-ring (bicyclic) bond motifs is 1. The van der Waals surface area contributed by atoms with E-state index in [4.69, 9.17) is 15.2 Å². The fraction of sp³-hybridized carbons (Fsp3) is 0.0588. The summed E-state index contributed by atoms with van der Waals surface area (Å²) in [6.07, 6.45) is 3.19. The van der Waals surface area contributed by atoms with Crippen LogP contribution in [0.5, 0.6) is 17.4 Å². The molecule has 3 rings (SSSR count). The number of aromatic nitrogens is 2. The first-order valence-corrected chi connectivity index (χ1v) is 6.81. The van der Waals surface area contributed by atoms with Gasteiger partial charge in [-0.05, 0) is 18.2 Å². The molecule has 0 amide bonds. The summed E-state index contributed by atoms with van der Waals surface area (Å²) in [6.45, 7) is 3.72. The standard InChI is InChI=1S/C17H14FN3O2/c1-3-10-8-13-16(21-17(10)22-2)15(6-7-20-13)23-14-5-4-11(19)9-12(14)18/h3-9H,1,19H2,2H3. The summed E-state index contributed by atoms with van der Waals surface area (Å²) in [5.74, 6) is 0.264. The highest BCUT2D eigenvalue weighted by molar-refractivity contribution is 5.84. The SMILES string of the molecule is C=Cc1cc2nccc(Oc3ccc(N)cc3F)c2nc1OC. The Hall–Kier alpha value is -3.15. The Labute approximate surface area is 132 Å². The molecule has 2 heterocycles. The van der Waals surface area contributed by atoms with Gasteiger partial charge in [0.2, 0.25) is 5.88 Å². The third-order valence-corrected chi connectivity index (χ3v) is 3.26. The Morgan fingerprint density at radius 1 is 1.22 bits per heavy atom. The van der Waals surface area contributed by atoms with E-state index < -0.39 is 5.82 Å². The zero-order chi connectivity index (χ0) is 16.4. The lowest BCUT2D eigenvalue weighted by molar-refractivity contribution is 0.397. The lowest BCUT2D eigenvalue weighted by atomic mass is 10.2. The van der Waals surface area contributed by atoms with Crippen molar-refractivity contribution in [2.75, 3.05) is 12.8 Å². The van der Waals surface area contributed by atoms with Crippen molar-refractivity contribution < 1.29 is 13.9 Å². The average Bonchev–Trinajstić information content (AvgIpc) is 2.56. The third-order valence-electron chi connectivity index (χ3n) is 3.26. The van der Waals surface area contributed by atoms with Crippen LogP contribution in [0.25, 0.3) is 17.1 Å². The molecule has 2 N–H and O–H groups in total. The second kappa shape index (κ2) is 5.92. The summed E-state index contributed by atoms with van der Waals surface area (Å²) in [5, 5.41) is 0. The van der Waals surface area contributed by atoms with Crippen LogP contribution in [0, 0.1) is 5.82 Å². The highest BCUT2D eigenvalue weighted by Gasteiger charge is 2.13.